The van der Waals surface area contributed by atoms with Crippen molar-refractivity contribution < 1.29 is 23.0 Å². The third-order valence-electron chi connectivity index (χ3n) is 4.88. The van der Waals surface area contributed by atoms with Crippen LogP contribution in [0.5, 0.6) is 11.5 Å². The van der Waals surface area contributed by atoms with Crippen LogP contribution in [-0.2, 0) is 0 Å². The summed E-state index contributed by atoms with van der Waals surface area (Å²) < 4.78 is 34.0. The van der Waals surface area contributed by atoms with Crippen molar-refractivity contribution in [3.8, 4) is 11.5 Å². The topological polar surface area (TPSA) is 50.8 Å². The fraction of sp³-hybridized carbons (Fsp3) is 0.381. The summed E-state index contributed by atoms with van der Waals surface area (Å²) in [4.78, 5) is 14.9. The Morgan fingerprint density at radius 1 is 1.04 bits per heavy atom. The normalized spacial score (nSPS) is 15.4. The Morgan fingerprint density at radius 2 is 1.64 bits per heavy atom. The number of nitrogens with one attached hydrogen (secondary N) is 1. The Balaban J connectivity index is 1.66. The van der Waals surface area contributed by atoms with Gasteiger partial charge in [-0.25, -0.2) is 0 Å². The first-order valence-corrected chi connectivity index (χ1v) is 9.28. The molecule has 1 unspecified atom stereocenters. The molecule has 0 bridgehead atoms. The van der Waals surface area contributed by atoms with Gasteiger partial charge in [0, 0.05) is 12.1 Å². The summed E-state index contributed by atoms with van der Waals surface area (Å²) in [5, 5.41) is 2.96. The number of ether oxygens (including phenoxy) is 2. The van der Waals surface area contributed by atoms with Crippen LogP contribution in [0.4, 0.5) is 8.78 Å². The molecule has 3 rings (SSSR count). The van der Waals surface area contributed by atoms with Gasteiger partial charge in [-0.15, -0.1) is 0 Å². The number of alkyl halides is 2. The highest BCUT2D eigenvalue weighted by Gasteiger charge is 2.24. The molecule has 5 nitrogen and oxygen atoms in total. The van der Waals surface area contributed by atoms with E-state index in [1.54, 1.807) is 7.11 Å². The first-order chi connectivity index (χ1) is 13.6. The minimum Gasteiger partial charge on any atom is -0.497 e. The fourth-order valence-corrected chi connectivity index (χ4v) is 3.42. The Bertz CT molecular complexity index is 760. The van der Waals surface area contributed by atoms with Gasteiger partial charge in [-0.05, 0) is 67.9 Å². The minimum absolute atomic E-state index is 0.0275. The quantitative estimate of drug-likeness (QED) is 0.744. The SMILES string of the molecule is COc1ccc(C(CNC(=O)c2ccc(OC(F)F)cc2)N2CCCC2)cc1. The van der Waals surface area contributed by atoms with Crippen LogP contribution in [0.2, 0.25) is 0 Å². The number of amides is 1. The maximum atomic E-state index is 12.5. The summed E-state index contributed by atoms with van der Waals surface area (Å²) in [7, 11) is 1.63. The van der Waals surface area contributed by atoms with Crippen LogP contribution in [0.25, 0.3) is 0 Å². The van der Waals surface area contributed by atoms with E-state index in [2.05, 4.69) is 15.0 Å². The second-order valence-corrected chi connectivity index (χ2v) is 6.64. The molecule has 0 aliphatic carbocycles. The number of rotatable bonds is 8. The van der Waals surface area contributed by atoms with Crippen LogP contribution in [0, 0.1) is 0 Å². The molecule has 0 aromatic heterocycles. The first-order valence-electron chi connectivity index (χ1n) is 9.28. The van der Waals surface area contributed by atoms with Crippen LogP contribution in [0.15, 0.2) is 48.5 Å². The van der Waals surface area contributed by atoms with Crippen molar-refractivity contribution in [3.05, 3.63) is 59.7 Å². The lowest BCUT2D eigenvalue weighted by Crippen LogP contribution is -2.36. The summed E-state index contributed by atoms with van der Waals surface area (Å²) in [5.74, 6) is 0.570. The van der Waals surface area contributed by atoms with Gasteiger partial charge in [-0.1, -0.05) is 12.1 Å². The van der Waals surface area contributed by atoms with Crippen molar-refractivity contribution >= 4 is 5.91 Å². The molecule has 1 saturated heterocycles. The van der Waals surface area contributed by atoms with E-state index in [4.69, 9.17) is 4.74 Å². The first kappa shape index (κ1) is 20.1. The van der Waals surface area contributed by atoms with Crippen molar-refractivity contribution in [1.29, 1.82) is 0 Å². The van der Waals surface area contributed by atoms with Crippen molar-refractivity contribution in [2.75, 3.05) is 26.7 Å². The van der Waals surface area contributed by atoms with Crippen molar-refractivity contribution in [1.82, 2.24) is 10.2 Å². The molecule has 1 amide bonds. The van der Waals surface area contributed by atoms with Gasteiger partial charge in [0.1, 0.15) is 11.5 Å². The average Bonchev–Trinajstić information content (AvgIpc) is 3.23. The molecular formula is C21H24F2N2O3. The lowest BCUT2D eigenvalue weighted by Gasteiger charge is -2.28. The van der Waals surface area contributed by atoms with Gasteiger partial charge in [0.05, 0.1) is 13.2 Å². The Labute approximate surface area is 163 Å². The number of carbonyl (C=O) groups excluding carboxylic acids is 1. The van der Waals surface area contributed by atoms with Crippen LogP contribution in [0.3, 0.4) is 0 Å². The third kappa shape index (κ3) is 5.19. The standard InChI is InChI=1S/C21H24F2N2O3/c1-27-17-8-4-15(5-9-17)19(25-12-2-3-13-25)14-24-20(26)16-6-10-18(11-7-16)28-21(22)23/h4-11,19,21H,2-3,12-14H2,1H3,(H,24,26). The Morgan fingerprint density at radius 3 is 2.21 bits per heavy atom. The second kappa shape index (κ2) is 9.50. The van der Waals surface area contributed by atoms with E-state index in [1.165, 1.54) is 24.3 Å². The molecular weight excluding hydrogens is 366 g/mol. The van der Waals surface area contributed by atoms with E-state index < -0.39 is 6.61 Å². The molecule has 0 saturated carbocycles. The maximum Gasteiger partial charge on any atom is 0.387 e. The van der Waals surface area contributed by atoms with Gasteiger partial charge in [0.25, 0.3) is 5.91 Å². The molecule has 7 heteroatoms. The van der Waals surface area contributed by atoms with Gasteiger partial charge in [0.2, 0.25) is 0 Å². The predicted octanol–water partition coefficient (Wildman–Crippen LogP) is 3.86. The lowest BCUT2D eigenvalue weighted by molar-refractivity contribution is -0.0498. The molecule has 150 valence electrons. The number of hydrogen-bond acceptors (Lipinski definition) is 4. The van der Waals surface area contributed by atoms with E-state index in [0.717, 1.165) is 37.2 Å². The van der Waals surface area contributed by atoms with Crippen LogP contribution in [0.1, 0.15) is 34.8 Å². The van der Waals surface area contributed by atoms with Gasteiger partial charge in [0.15, 0.2) is 0 Å². The molecule has 2 aromatic carbocycles. The number of likely N-dealkylation sites (tertiary alicyclic amines) is 1. The summed E-state index contributed by atoms with van der Waals surface area (Å²) in [6, 6.07) is 13.6. The van der Waals surface area contributed by atoms with E-state index in [0.29, 0.717) is 12.1 Å². The van der Waals surface area contributed by atoms with Gasteiger partial charge < -0.3 is 14.8 Å². The molecule has 2 aromatic rings. The highest BCUT2D eigenvalue weighted by molar-refractivity contribution is 5.94. The fourth-order valence-electron chi connectivity index (χ4n) is 3.42. The van der Waals surface area contributed by atoms with Gasteiger partial charge in [-0.3, -0.25) is 9.69 Å². The number of halogens is 2. The molecule has 28 heavy (non-hydrogen) atoms. The molecule has 0 radical (unpaired) electrons. The molecule has 1 aliphatic heterocycles. The van der Waals surface area contributed by atoms with Crippen molar-refractivity contribution in [3.63, 3.8) is 0 Å². The number of methoxy groups -OCH3 is 1. The van der Waals surface area contributed by atoms with E-state index in [1.807, 2.05) is 24.3 Å². The predicted molar refractivity (Wildman–Crippen MR) is 102 cm³/mol. The minimum atomic E-state index is -2.88. The molecule has 1 fully saturated rings. The van der Waals surface area contributed by atoms with E-state index in [9.17, 15) is 13.6 Å². The third-order valence-corrected chi connectivity index (χ3v) is 4.88. The van der Waals surface area contributed by atoms with Crippen molar-refractivity contribution in [2.45, 2.75) is 25.5 Å². The highest BCUT2D eigenvalue weighted by atomic mass is 19.3. The van der Waals surface area contributed by atoms with Crippen LogP contribution >= 0.6 is 0 Å². The highest BCUT2D eigenvalue weighted by Crippen LogP contribution is 2.26. The zero-order valence-corrected chi connectivity index (χ0v) is 15.7. The lowest BCUT2D eigenvalue weighted by atomic mass is 10.0. The second-order valence-electron chi connectivity index (χ2n) is 6.64. The van der Waals surface area contributed by atoms with Gasteiger partial charge in [-0.2, -0.15) is 8.78 Å². The smallest absolute Gasteiger partial charge is 0.387 e. The average molecular weight is 390 g/mol. The number of benzene rings is 2. The zero-order chi connectivity index (χ0) is 19.9. The van der Waals surface area contributed by atoms with E-state index in [-0.39, 0.29) is 17.7 Å². The zero-order valence-electron chi connectivity index (χ0n) is 15.7. The summed E-state index contributed by atoms with van der Waals surface area (Å²) in [5.41, 5.74) is 1.51. The summed E-state index contributed by atoms with van der Waals surface area (Å²) in [6.45, 7) is -0.441. The Hall–Kier alpha value is -2.67. The maximum absolute atomic E-state index is 12.5. The Kier molecular flexibility index (Phi) is 6.81. The van der Waals surface area contributed by atoms with E-state index >= 15 is 0 Å². The molecule has 1 N–H and O–H groups in total. The number of hydrogen-bond donors (Lipinski definition) is 1. The monoisotopic (exact) mass is 390 g/mol. The summed E-state index contributed by atoms with van der Waals surface area (Å²) in [6.07, 6.45) is 2.29. The van der Waals surface area contributed by atoms with Gasteiger partial charge >= 0.3 is 6.61 Å². The molecule has 1 aliphatic rings. The summed E-state index contributed by atoms with van der Waals surface area (Å²) >= 11 is 0. The number of carbonyl (C=O) groups is 1. The van der Waals surface area contributed by atoms with Crippen LogP contribution < -0.4 is 14.8 Å². The molecule has 1 atom stereocenters. The number of nitrogens with zero attached hydrogens (tertiary/aromatic N) is 1. The van der Waals surface area contributed by atoms with Crippen molar-refractivity contribution in [2.24, 2.45) is 0 Å². The van der Waals surface area contributed by atoms with Crippen LogP contribution in [-0.4, -0.2) is 44.2 Å². The molecule has 0 spiro atoms. The largest absolute Gasteiger partial charge is 0.497 e. The molecule has 1 heterocycles.